The van der Waals surface area contributed by atoms with Crippen LogP contribution in [0.1, 0.15) is 12.6 Å². The maximum atomic E-state index is 14.5. The summed E-state index contributed by atoms with van der Waals surface area (Å²) in [6.45, 7) is 5.41. The monoisotopic (exact) mass is 340 g/mol. The molecule has 0 bridgehead atoms. The molecule has 2 aromatic heterocycles. The topological polar surface area (TPSA) is 34.0 Å². The number of fused-ring (bicyclic) bond motifs is 1. The van der Waals surface area contributed by atoms with E-state index < -0.39 is 0 Å². The van der Waals surface area contributed by atoms with Crippen molar-refractivity contribution in [2.75, 3.05) is 13.1 Å². The summed E-state index contributed by atoms with van der Waals surface area (Å²) in [6, 6.07) is 7.84. The van der Waals surface area contributed by atoms with Crippen molar-refractivity contribution < 1.29 is 8.78 Å². The molecule has 0 saturated heterocycles. The van der Waals surface area contributed by atoms with Crippen LogP contribution >= 0.6 is 0 Å². The summed E-state index contributed by atoms with van der Waals surface area (Å²) in [4.78, 5) is 6.15. The van der Waals surface area contributed by atoms with E-state index in [2.05, 4.69) is 16.8 Å². The average Bonchev–Trinajstić information content (AvgIpc) is 3.01. The van der Waals surface area contributed by atoms with Gasteiger partial charge in [0.05, 0.1) is 18.4 Å². The van der Waals surface area contributed by atoms with Crippen molar-refractivity contribution in [2.45, 2.75) is 20.0 Å². The highest BCUT2D eigenvalue weighted by atomic mass is 19.1. The van der Waals surface area contributed by atoms with Gasteiger partial charge in [-0.2, -0.15) is 5.10 Å². The van der Waals surface area contributed by atoms with E-state index in [0.717, 1.165) is 36.5 Å². The number of pyridine rings is 1. The highest BCUT2D eigenvalue weighted by Gasteiger charge is 2.26. The molecule has 128 valence electrons. The minimum absolute atomic E-state index is 0.304. The van der Waals surface area contributed by atoms with Crippen molar-refractivity contribution in [3.05, 3.63) is 60.1 Å². The van der Waals surface area contributed by atoms with E-state index in [-0.39, 0.29) is 11.6 Å². The first-order valence-corrected chi connectivity index (χ1v) is 8.35. The number of halogens is 2. The summed E-state index contributed by atoms with van der Waals surface area (Å²) in [5.74, 6) is -0.684. The second-order valence-electron chi connectivity index (χ2n) is 6.12. The van der Waals surface area contributed by atoms with Crippen LogP contribution in [0.15, 0.2) is 42.7 Å². The Bertz CT molecular complexity index is 902. The zero-order chi connectivity index (χ0) is 17.4. The maximum Gasteiger partial charge on any atom is 0.149 e. The van der Waals surface area contributed by atoms with E-state index in [1.165, 1.54) is 18.3 Å². The van der Waals surface area contributed by atoms with Gasteiger partial charge in [0.15, 0.2) is 0 Å². The third kappa shape index (κ3) is 2.82. The van der Waals surface area contributed by atoms with Crippen LogP contribution in [-0.2, 0) is 13.1 Å². The molecule has 0 aliphatic carbocycles. The van der Waals surface area contributed by atoms with Crippen LogP contribution in [0.2, 0.25) is 0 Å². The van der Waals surface area contributed by atoms with Gasteiger partial charge in [-0.3, -0.25) is 14.6 Å². The second kappa shape index (κ2) is 6.37. The van der Waals surface area contributed by atoms with E-state index >= 15 is 0 Å². The van der Waals surface area contributed by atoms with Gasteiger partial charge >= 0.3 is 0 Å². The maximum absolute atomic E-state index is 14.5. The molecular formula is C19H18F2N4. The van der Waals surface area contributed by atoms with Crippen LogP contribution in [0, 0.1) is 11.6 Å². The summed E-state index contributed by atoms with van der Waals surface area (Å²) >= 11 is 0. The number of likely N-dealkylation sites (N-methyl/N-ethyl adjacent to an activating group) is 1. The molecule has 3 heterocycles. The number of nitrogens with zero attached hydrogens (tertiary/aromatic N) is 4. The molecule has 0 unspecified atom stereocenters. The first kappa shape index (κ1) is 15.9. The minimum Gasteiger partial charge on any atom is -0.296 e. The normalized spacial score (nSPS) is 14.5. The molecule has 0 radical (unpaired) electrons. The molecule has 1 aliphatic heterocycles. The molecule has 6 heteroatoms. The third-order valence-corrected chi connectivity index (χ3v) is 4.67. The molecule has 0 amide bonds. The smallest absolute Gasteiger partial charge is 0.149 e. The largest absolute Gasteiger partial charge is 0.296 e. The zero-order valence-corrected chi connectivity index (χ0v) is 13.9. The molecule has 1 aromatic carbocycles. The highest BCUT2D eigenvalue weighted by molar-refractivity contribution is 5.83. The molecular weight excluding hydrogens is 322 g/mol. The van der Waals surface area contributed by atoms with Gasteiger partial charge in [-0.05, 0) is 36.9 Å². The molecule has 25 heavy (non-hydrogen) atoms. The lowest BCUT2D eigenvalue weighted by Crippen LogP contribution is -2.33. The van der Waals surface area contributed by atoms with Crippen molar-refractivity contribution in [2.24, 2.45) is 0 Å². The van der Waals surface area contributed by atoms with E-state index in [9.17, 15) is 8.78 Å². The molecule has 1 aliphatic rings. The van der Waals surface area contributed by atoms with Gasteiger partial charge in [-0.1, -0.05) is 6.92 Å². The van der Waals surface area contributed by atoms with Crippen LogP contribution < -0.4 is 0 Å². The molecule has 0 fully saturated rings. The Morgan fingerprint density at radius 2 is 1.88 bits per heavy atom. The summed E-state index contributed by atoms with van der Waals surface area (Å²) in [6.07, 6.45) is 2.80. The first-order valence-electron chi connectivity index (χ1n) is 8.35. The van der Waals surface area contributed by atoms with Crippen LogP contribution in [0.25, 0.3) is 22.4 Å². The molecule has 0 N–H and O–H groups in total. The Morgan fingerprint density at radius 1 is 1.08 bits per heavy atom. The van der Waals surface area contributed by atoms with Crippen molar-refractivity contribution in [3.63, 3.8) is 0 Å². The summed E-state index contributed by atoms with van der Waals surface area (Å²) < 4.78 is 29.7. The van der Waals surface area contributed by atoms with Gasteiger partial charge in [-0.15, -0.1) is 0 Å². The van der Waals surface area contributed by atoms with Gasteiger partial charge in [0.1, 0.15) is 17.3 Å². The third-order valence-electron chi connectivity index (χ3n) is 4.67. The van der Waals surface area contributed by atoms with Gasteiger partial charge < -0.3 is 0 Å². The van der Waals surface area contributed by atoms with Gasteiger partial charge in [-0.25, -0.2) is 8.78 Å². The summed E-state index contributed by atoms with van der Waals surface area (Å²) in [7, 11) is 0. The Hall–Kier alpha value is -2.60. The Morgan fingerprint density at radius 3 is 2.60 bits per heavy atom. The number of rotatable bonds is 3. The fraction of sp³-hybridized carbons (Fsp3) is 0.263. The predicted molar refractivity (Wildman–Crippen MR) is 91.8 cm³/mol. The second-order valence-corrected chi connectivity index (χ2v) is 6.12. The predicted octanol–water partition coefficient (Wildman–Crippen LogP) is 3.73. The Labute approximate surface area is 144 Å². The van der Waals surface area contributed by atoms with Crippen molar-refractivity contribution >= 4 is 0 Å². The number of hydrogen-bond donors (Lipinski definition) is 0. The molecule has 4 nitrogen and oxygen atoms in total. The van der Waals surface area contributed by atoms with Gasteiger partial charge in [0.25, 0.3) is 0 Å². The van der Waals surface area contributed by atoms with Crippen LogP contribution in [0.4, 0.5) is 8.78 Å². The minimum atomic E-state index is -0.379. The lowest BCUT2D eigenvalue weighted by atomic mass is 9.98. The molecule has 0 spiro atoms. The van der Waals surface area contributed by atoms with E-state index in [4.69, 9.17) is 5.10 Å². The summed E-state index contributed by atoms with van der Waals surface area (Å²) in [5.41, 5.74) is 3.69. The lowest BCUT2D eigenvalue weighted by Gasteiger charge is -2.27. The van der Waals surface area contributed by atoms with Crippen molar-refractivity contribution in [1.29, 1.82) is 0 Å². The fourth-order valence-electron chi connectivity index (χ4n) is 3.31. The Kier molecular flexibility index (Phi) is 4.05. The van der Waals surface area contributed by atoms with Crippen LogP contribution in [0.5, 0.6) is 0 Å². The first-order chi connectivity index (χ1) is 12.2. The van der Waals surface area contributed by atoms with Crippen molar-refractivity contribution in [1.82, 2.24) is 19.7 Å². The Balaban J connectivity index is 1.94. The standard InChI is InChI=1S/C19H18F2N4/c1-2-24-9-10-25-17(12-24)18(15-7-8-22-11-16(15)21)19(23-25)13-3-5-14(20)6-4-13/h3-8,11H,2,9-10,12H2,1H3. The number of aromatic nitrogens is 3. The zero-order valence-electron chi connectivity index (χ0n) is 13.9. The van der Waals surface area contributed by atoms with E-state index in [1.807, 2.05) is 4.68 Å². The fourth-order valence-corrected chi connectivity index (χ4v) is 3.31. The van der Waals surface area contributed by atoms with Crippen LogP contribution in [-0.4, -0.2) is 32.8 Å². The number of hydrogen-bond acceptors (Lipinski definition) is 3. The van der Waals surface area contributed by atoms with Gasteiger partial charge in [0.2, 0.25) is 0 Å². The SMILES string of the molecule is CCN1CCn2nc(-c3ccc(F)cc3)c(-c3ccncc3F)c2C1. The summed E-state index contributed by atoms with van der Waals surface area (Å²) in [5, 5.41) is 4.72. The molecule has 0 saturated carbocycles. The van der Waals surface area contributed by atoms with Crippen LogP contribution in [0.3, 0.4) is 0 Å². The van der Waals surface area contributed by atoms with Crippen molar-refractivity contribution in [3.8, 4) is 22.4 Å². The molecule has 4 rings (SSSR count). The van der Waals surface area contributed by atoms with Gasteiger partial charge in [0, 0.05) is 36.0 Å². The number of benzene rings is 1. The quantitative estimate of drug-likeness (QED) is 0.729. The lowest BCUT2D eigenvalue weighted by molar-refractivity contribution is 0.224. The molecule has 3 aromatic rings. The highest BCUT2D eigenvalue weighted by Crippen LogP contribution is 2.37. The van der Waals surface area contributed by atoms with E-state index in [1.54, 1.807) is 24.4 Å². The van der Waals surface area contributed by atoms with E-state index in [0.29, 0.717) is 17.8 Å². The average molecular weight is 340 g/mol. The molecule has 0 atom stereocenters.